The lowest BCUT2D eigenvalue weighted by Gasteiger charge is -2.04. The van der Waals surface area contributed by atoms with Crippen LogP contribution in [0.2, 0.25) is 0 Å². The van der Waals surface area contributed by atoms with Crippen molar-refractivity contribution in [2.24, 2.45) is 0 Å². The number of nitrogens with zero attached hydrogens (tertiary/aromatic N) is 2. The lowest BCUT2D eigenvalue weighted by Crippen LogP contribution is -2.15. The van der Waals surface area contributed by atoms with Crippen LogP contribution in [0, 0.1) is 17.5 Å². The molecule has 0 saturated heterocycles. The van der Waals surface area contributed by atoms with Crippen molar-refractivity contribution in [3.05, 3.63) is 41.2 Å². The van der Waals surface area contributed by atoms with E-state index >= 15 is 0 Å². The van der Waals surface area contributed by atoms with Crippen LogP contribution in [0.15, 0.2) is 12.1 Å². The maximum atomic E-state index is 13.4. The minimum Gasteiger partial charge on any atom is -0.317 e. The number of carbonyl (C=O) groups is 1. The van der Waals surface area contributed by atoms with Crippen LogP contribution < -0.4 is 5.32 Å². The molecule has 2 rings (SSSR count). The second-order valence-electron chi connectivity index (χ2n) is 4.06. The van der Waals surface area contributed by atoms with Gasteiger partial charge in [-0.1, -0.05) is 6.92 Å². The van der Waals surface area contributed by atoms with Gasteiger partial charge in [0.2, 0.25) is 5.82 Å². The first-order valence-corrected chi connectivity index (χ1v) is 5.88. The van der Waals surface area contributed by atoms with E-state index in [1.165, 1.54) is 0 Å². The molecule has 0 aliphatic rings. The van der Waals surface area contributed by atoms with Crippen molar-refractivity contribution in [1.29, 1.82) is 0 Å². The molecule has 1 amide bonds. The number of benzene rings is 1. The highest BCUT2D eigenvalue weighted by atomic mass is 19.2. The summed E-state index contributed by atoms with van der Waals surface area (Å²) in [5.41, 5.74) is -0.476. The molecule has 0 atom stereocenters. The number of aromatic nitrogens is 3. The molecule has 2 aromatic rings. The van der Waals surface area contributed by atoms with E-state index in [-0.39, 0.29) is 5.82 Å². The smallest absolute Gasteiger partial charge is 0.295 e. The monoisotopic (exact) mass is 284 g/mol. The van der Waals surface area contributed by atoms with Gasteiger partial charge in [-0.25, -0.2) is 18.2 Å². The minimum atomic E-state index is -1.33. The molecule has 1 heterocycles. The Labute approximate surface area is 112 Å². The lowest BCUT2D eigenvalue weighted by atomic mass is 10.2. The van der Waals surface area contributed by atoms with Crippen LogP contribution in [0.5, 0.6) is 0 Å². The van der Waals surface area contributed by atoms with Gasteiger partial charge in [-0.05, 0) is 6.42 Å². The van der Waals surface area contributed by atoms with E-state index in [2.05, 4.69) is 20.5 Å². The molecular formula is C12H11F3N4O. The molecule has 0 fully saturated rings. The highest BCUT2D eigenvalue weighted by molar-refractivity contribution is 6.01. The van der Waals surface area contributed by atoms with Gasteiger partial charge >= 0.3 is 0 Å². The largest absolute Gasteiger partial charge is 0.317 e. The molecule has 106 valence electrons. The molecule has 0 aliphatic heterocycles. The Morgan fingerprint density at radius 1 is 1.25 bits per heavy atom. The number of amides is 1. The van der Waals surface area contributed by atoms with Crippen LogP contribution >= 0.6 is 0 Å². The molecule has 8 heteroatoms. The zero-order valence-electron chi connectivity index (χ0n) is 10.5. The zero-order valence-corrected chi connectivity index (χ0v) is 10.5. The Morgan fingerprint density at radius 3 is 2.65 bits per heavy atom. The topological polar surface area (TPSA) is 70.7 Å². The third-order valence-electron chi connectivity index (χ3n) is 2.48. The molecule has 0 unspecified atom stereocenters. The molecule has 0 saturated carbocycles. The van der Waals surface area contributed by atoms with Crippen molar-refractivity contribution in [1.82, 2.24) is 15.2 Å². The second kappa shape index (κ2) is 5.72. The number of aromatic amines is 1. The Balaban J connectivity index is 2.16. The summed E-state index contributed by atoms with van der Waals surface area (Å²) >= 11 is 0. The maximum Gasteiger partial charge on any atom is 0.295 e. The van der Waals surface area contributed by atoms with E-state index in [0.29, 0.717) is 24.4 Å². The Hall–Kier alpha value is -2.38. The number of anilines is 1. The van der Waals surface area contributed by atoms with Gasteiger partial charge in [0.05, 0.1) is 5.69 Å². The number of hydrogen-bond donors (Lipinski definition) is 2. The Bertz CT molecular complexity index is 642. The molecule has 1 aromatic heterocycles. The van der Waals surface area contributed by atoms with Crippen LogP contribution in [0.3, 0.4) is 0 Å². The molecule has 2 N–H and O–H groups in total. The first kappa shape index (κ1) is 14.0. The second-order valence-corrected chi connectivity index (χ2v) is 4.06. The number of H-pyrrole nitrogens is 1. The van der Waals surface area contributed by atoms with Crippen molar-refractivity contribution in [2.45, 2.75) is 19.8 Å². The van der Waals surface area contributed by atoms with E-state index in [4.69, 9.17) is 0 Å². The van der Waals surface area contributed by atoms with Crippen molar-refractivity contribution in [2.75, 3.05) is 5.32 Å². The summed E-state index contributed by atoms with van der Waals surface area (Å²) in [6, 6.07) is 0.910. The minimum absolute atomic E-state index is 0.197. The Morgan fingerprint density at radius 2 is 1.95 bits per heavy atom. The molecule has 0 radical (unpaired) electrons. The molecular weight excluding hydrogens is 273 g/mol. The first-order valence-electron chi connectivity index (χ1n) is 5.88. The molecule has 1 aromatic carbocycles. The number of aryl methyl sites for hydroxylation is 1. The zero-order chi connectivity index (χ0) is 14.7. The van der Waals surface area contributed by atoms with Gasteiger partial charge in [0.1, 0.15) is 11.6 Å². The van der Waals surface area contributed by atoms with Crippen LogP contribution in [-0.2, 0) is 6.42 Å². The van der Waals surface area contributed by atoms with Crippen LogP contribution in [-0.4, -0.2) is 21.1 Å². The van der Waals surface area contributed by atoms with Crippen LogP contribution in [0.25, 0.3) is 0 Å². The van der Waals surface area contributed by atoms with Crippen molar-refractivity contribution in [3.63, 3.8) is 0 Å². The standard InChI is InChI=1S/C12H11F3N4O/c1-2-3-10-17-11(19-18-10)12(20)16-9-5-7(14)6(13)4-8(9)15/h4-5H,2-3H2,1H3,(H,16,20)(H,17,18,19). The summed E-state index contributed by atoms with van der Waals surface area (Å²) in [5.74, 6) is -4.16. The molecule has 0 aliphatic carbocycles. The van der Waals surface area contributed by atoms with E-state index < -0.39 is 29.0 Å². The number of halogens is 3. The van der Waals surface area contributed by atoms with Gasteiger partial charge < -0.3 is 5.32 Å². The number of nitrogens with one attached hydrogen (secondary N) is 2. The fraction of sp³-hybridized carbons (Fsp3) is 0.250. The summed E-state index contributed by atoms with van der Waals surface area (Å²) in [6.07, 6.45) is 1.42. The van der Waals surface area contributed by atoms with Gasteiger partial charge in [0.25, 0.3) is 5.91 Å². The van der Waals surface area contributed by atoms with Gasteiger partial charge in [-0.3, -0.25) is 9.89 Å². The van der Waals surface area contributed by atoms with E-state index in [1.807, 2.05) is 6.92 Å². The Kier molecular flexibility index (Phi) is 4.02. The fourth-order valence-electron chi connectivity index (χ4n) is 1.54. The van der Waals surface area contributed by atoms with E-state index in [1.54, 1.807) is 0 Å². The third-order valence-corrected chi connectivity index (χ3v) is 2.48. The van der Waals surface area contributed by atoms with Gasteiger partial charge in [0.15, 0.2) is 11.6 Å². The van der Waals surface area contributed by atoms with Crippen molar-refractivity contribution < 1.29 is 18.0 Å². The molecule has 20 heavy (non-hydrogen) atoms. The number of rotatable bonds is 4. The van der Waals surface area contributed by atoms with Crippen LogP contribution in [0.1, 0.15) is 29.8 Å². The van der Waals surface area contributed by atoms with E-state index in [9.17, 15) is 18.0 Å². The van der Waals surface area contributed by atoms with Gasteiger partial charge in [-0.15, -0.1) is 5.10 Å². The first-order chi connectivity index (χ1) is 9.51. The molecule has 5 nitrogen and oxygen atoms in total. The predicted molar refractivity (Wildman–Crippen MR) is 64.6 cm³/mol. The maximum absolute atomic E-state index is 13.4. The van der Waals surface area contributed by atoms with Crippen molar-refractivity contribution >= 4 is 11.6 Å². The summed E-state index contributed by atoms with van der Waals surface area (Å²) in [6.45, 7) is 1.93. The highest BCUT2D eigenvalue weighted by Crippen LogP contribution is 2.18. The number of hydrogen-bond acceptors (Lipinski definition) is 3. The summed E-state index contributed by atoms with van der Waals surface area (Å²) in [5, 5.41) is 8.31. The fourth-order valence-corrected chi connectivity index (χ4v) is 1.54. The molecule has 0 spiro atoms. The normalized spacial score (nSPS) is 10.6. The van der Waals surface area contributed by atoms with E-state index in [0.717, 1.165) is 6.42 Å². The average molecular weight is 284 g/mol. The lowest BCUT2D eigenvalue weighted by molar-refractivity contribution is 0.101. The highest BCUT2D eigenvalue weighted by Gasteiger charge is 2.16. The van der Waals surface area contributed by atoms with Crippen molar-refractivity contribution in [3.8, 4) is 0 Å². The third kappa shape index (κ3) is 2.95. The predicted octanol–water partition coefficient (Wildman–Crippen LogP) is 2.43. The van der Waals surface area contributed by atoms with Gasteiger partial charge in [-0.2, -0.15) is 0 Å². The summed E-state index contributed by atoms with van der Waals surface area (Å²) in [4.78, 5) is 15.6. The summed E-state index contributed by atoms with van der Waals surface area (Å²) < 4.78 is 39.1. The molecule has 0 bridgehead atoms. The average Bonchev–Trinajstić information content (AvgIpc) is 2.85. The number of carbonyl (C=O) groups excluding carboxylic acids is 1. The summed E-state index contributed by atoms with van der Waals surface area (Å²) in [7, 11) is 0. The van der Waals surface area contributed by atoms with Crippen LogP contribution in [0.4, 0.5) is 18.9 Å². The van der Waals surface area contributed by atoms with Gasteiger partial charge in [0, 0.05) is 18.6 Å². The quantitative estimate of drug-likeness (QED) is 0.847. The SMILES string of the molecule is CCCc1nc(C(=O)Nc2cc(F)c(F)cc2F)n[nH]1.